The van der Waals surface area contributed by atoms with Crippen molar-refractivity contribution in [2.24, 2.45) is 0 Å². The van der Waals surface area contributed by atoms with Crippen LogP contribution in [-0.2, 0) is 11.3 Å². The van der Waals surface area contributed by atoms with Gasteiger partial charge < -0.3 is 14.2 Å². The Hall–Kier alpha value is -4.45. The maximum Gasteiger partial charge on any atom is 0.244 e. The normalized spacial score (nSPS) is 11.2. The van der Waals surface area contributed by atoms with Crippen LogP contribution in [0.5, 0.6) is 0 Å². The molecule has 0 atom stereocenters. The standard InChI is InChI=1S/C26H19N3O3/c30-24(15-13-21-12-14-22(31-21)19-5-2-1-3-6-19)28-17-18-8-10-20(11-9-18)26-29-25-23(32-26)7-4-16-27-25/h1-16H,17H2,(H,28,30)/b15-13+. The summed E-state index contributed by atoms with van der Waals surface area (Å²) in [5.41, 5.74) is 4.05. The molecule has 2 aromatic carbocycles. The largest absolute Gasteiger partial charge is 0.457 e. The SMILES string of the molecule is O=C(/C=C/c1ccc(-c2ccccc2)o1)NCc1ccc(-c2nc3ncccc3o2)cc1. The Balaban J connectivity index is 1.18. The van der Waals surface area contributed by atoms with Crippen molar-refractivity contribution in [3.05, 3.63) is 102 Å². The first-order valence-electron chi connectivity index (χ1n) is 10.2. The van der Waals surface area contributed by atoms with Crippen molar-refractivity contribution in [2.75, 3.05) is 0 Å². The maximum atomic E-state index is 12.2. The smallest absolute Gasteiger partial charge is 0.244 e. The molecule has 0 saturated carbocycles. The topological polar surface area (TPSA) is 81.2 Å². The number of rotatable bonds is 6. The number of carbonyl (C=O) groups is 1. The van der Waals surface area contributed by atoms with E-state index in [9.17, 15) is 4.79 Å². The van der Waals surface area contributed by atoms with Gasteiger partial charge in [-0.05, 0) is 48.0 Å². The monoisotopic (exact) mass is 421 g/mol. The average molecular weight is 421 g/mol. The fourth-order valence-electron chi connectivity index (χ4n) is 3.26. The molecule has 0 aliphatic heterocycles. The van der Waals surface area contributed by atoms with Gasteiger partial charge >= 0.3 is 0 Å². The number of carbonyl (C=O) groups excluding carboxylic acids is 1. The number of benzene rings is 2. The minimum atomic E-state index is -0.197. The van der Waals surface area contributed by atoms with Crippen molar-refractivity contribution in [1.82, 2.24) is 15.3 Å². The third-order valence-corrected chi connectivity index (χ3v) is 4.92. The van der Waals surface area contributed by atoms with Crippen LogP contribution in [0.1, 0.15) is 11.3 Å². The molecule has 0 fully saturated rings. The second-order valence-electron chi connectivity index (χ2n) is 7.16. The fourth-order valence-corrected chi connectivity index (χ4v) is 3.26. The van der Waals surface area contributed by atoms with Gasteiger partial charge in [0.1, 0.15) is 11.5 Å². The maximum absolute atomic E-state index is 12.2. The number of nitrogens with one attached hydrogen (secondary N) is 1. The van der Waals surface area contributed by atoms with Gasteiger partial charge in [-0.15, -0.1) is 0 Å². The molecule has 0 radical (unpaired) electrons. The molecular weight excluding hydrogens is 402 g/mol. The Labute approximate surface area is 184 Å². The van der Waals surface area contributed by atoms with Gasteiger partial charge in [-0.3, -0.25) is 4.79 Å². The van der Waals surface area contributed by atoms with Gasteiger partial charge in [0.05, 0.1) is 0 Å². The van der Waals surface area contributed by atoms with Crippen LogP contribution in [0.2, 0.25) is 0 Å². The lowest BCUT2D eigenvalue weighted by molar-refractivity contribution is -0.116. The molecule has 0 spiro atoms. The number of aromatic nitrogens is 2. The highest BCUT2D eigenvalue weighted by Crippen LogP contribution is 2.24. The molecule has 0 aliphatic carbocycles. The lowest BCUT2D eigenvalue weighted by Gasteiger charge is -2.03. The van der Waals surface area contributed by atoms with Crippen LogP contribution in [0.25, 0.3) is 40.1 Å². The number of pyridine rings is 1. The number of amides is 1. The summed E-state index contributed by atoms with van der Waals surface area (Å²) >= 11 is 0. The van der Waals surface area contributed by atoms with Gasteiger partial charge in [0.25, 0.3) is 0 Å². The van der Waals surface area contributed by atoms with Crippen molar-refractivity contribution in [3.63, 3.8) is 0 Å². The first kappa shape index (κ1) is 19.5. The molecule has 6 nitrogen and oxygen atoms in total. The predicted molar refractivity (Wildman–Crippen MR) is 122 cm³/mol. The molecule has 6 heteroatoms. The summed E-state index contributed by atoms with van der Waals surface area (Å²) in [5, 5.41) is 2.87. The number of fused-ring (bicyclic) bond motifs is 1. The molecule has 0 aliphatic rings. The Kier molecular flexibility index (Phi) is 5.32. The van der Waals surface area contributed by atoms with E-state index in [1.54, 1.807) is 12.3 Å². The van der Waals surface area contributed by atoms with Crippen LogP contribution in [0.3, 0.4) is 0 Å². The van der Waals surface area contributed by atoms with E-state index in [2.05, 4.69) is 15.3 Å². The molecule has 156 valence electrons. The molecular formula is C26H19N3O3. The summed E-state index contributed by atoms with van der Waals surface area (Å²) in [6, 6.07) is 24.9. The Morgan fingerprint density at radius 2 is 1.72 bits per heavy atom. The third-order valence-electron chi connectivity index (χ3n) is 4.92. The van der Waals surface area contributed by atoms with Crippen LogP contribution < -0.4 is 5.32 Å². The molecule has 1 amide bonds. The molecule has 3 heterocycles. The number of hydrogen-bond donors (Lipinski definition) is 1. The van der Waals surface area contributed by atoms with Crippen molar-refractivity contribution >= 4 is 23.2 Å². The number of nitrogens with zero attached hydrogens (tertiary/aromatic N) is 2. The molecule has 0 bridgehead atoms. The van der Waals surface area contributed by atoms with Crippen molar-refractivity contribution in [2.45, 2.75) is 6.54 Å². The molecule has 5 rings (SSSR count). The van der Waals surface area contributed by atoms with E-state index in [4.69, 9.17) is 8.83 Å². The first-order chi connectivity index (χ1) is 15.7. The van der Waals surface area contributed by atoms with Crippen molar-refractivity contribution in [3.8, 4) is 22.8 Å². The highest BCUT2D eigenvalue weighted by Gasteiger charge is 2.08. The van der Waals surface area contributed by atoms with Crippen LogP contribution in [0, 0.1) is 0 Å². The summed E-state index contributed by atoms with van der Waals surface area (Å²) < 4.78 is 11.5. The van der Waals surface area contributed by atoms with Crippen molar-refractivity contribution < 1.29 is 13.6 Å². The van der Waals surface area contributed by atoms with Crippen LogP contribution in [0.15, 0.2) is 100.0 Å². The zero-order valence-corrected chi connectivity index (χ0v) is 17.1. The Bertz CT molecular complexity index is 1350. The Morgan fingerprint density at radius 1 is 0.875 bits per heavy atom. The highest BCUT2D eigenvalue weighted by atomic mass is 16.3. The first-order valence-corrected chi connectivity index (χ1v) is 10.2. The lowest BCUT2D eigenvalue weighted by atomic mass is 10.1. The zero-order chi connectivity index (χ0) is 21.8. The quantitative estimate of drug-likeness (QED) is 0.367. The van der Waals surface area contributed by atoms with E-state index in [1.165, 1.54) is 6.08 Å². The van der Waals surface area contributed by atoms with Gasteiger partial charge in [-0.25, -0.2) is 4.98 Å². The molecule has 5 aromatic rings. The number of hydrogen-bond acceptors (Lipinski definition) is 5. The summed E-state index contributed by atoms with van der Waals surface area (Å²) in [6.45, 7) is 0.409. The van der Waals surface area contributed by atoms with Crippen LogP contribution in [0.4, 0.5) is 0 Å². The summed E-state index contributed by atoms with van der Waals surface area (Å²) in [6.07, 6.45) is 4.81. The third kappa shape index (κ3) is 4.34. The van der Waals surface area contributed by atoms with E-state index >= 15 is 0 Å². The van der Waals surface area contributed by atoms with Gasteiger partial charge in [-0.1, -0.05) is 42.5 Å². The van der Waals surface area contributed by atoms with Crippen LogP contribution in [-0.4, -0.2) is 15.9 Å². The van der Waals surface area contributed by atoms with Gasteiger partial charge in [-0.2, -0.15) is 4.98 Å². The second kappa shape index (κ2) is 8.73. The summed E-state index contributed by atoms with van der Waals surface area (Å²) in [5.74, 6) is 1.71. The Morgan fingerprint density at radius 3 is 2.53 bits per heavy atom. The van der Waals surface area contributed by atoms with E-state index in [0.717, 1.165) is 22.5 Å². The number of oxazole rings is 1. The molecule has 32 heavy (non-hydrogen) atoms. The van der Waals surface area contributed by atoms with Crippen molar-refractivity contribution in [1.29, 1.82) is 0 Å². The van der Waals surface area contributed by atoms with Gasteiger partial charge in [0.2, 0.25) is 11.8 Å². The predicted octanol–water partition coefficient (Wildman–Crippen LogP) is 5.48. The lowest BCUT2D eigenvalue weighted by Crippen LogP contribution is -2.20. The zero-order valence-electron chi connectivity index (χ0n) is 17.1. The molecule has 3 aromatic heterocycles. The average Bonchev–Trinajstić information content (AvgIpc) is 3.50. The molecule has 0 saturated heterocycles. The van der Waals surface area contributed by atoms with Gasteiger partial charge in [0, 0.05) is 29.9 Å². The van der Waals surface area contributed by atoms with Crippen LogP contribution >= 0.6 is 0 Å². The summed E-state index contributed by atoms with van der Waals surface area (Å²) in [4.78, 5) is 20.8. The fraction of sp³-hybridized carbons (Fsp3) is 0.0385. The highest BCUT2D eigenvalue weighted by molar-refractivity contribution is 5.91. The summed E-state index contributed by atoms with van der Waals surface area (Å²) in [7, 11) is 0. The number of furan rings is 1. The molecule has 0 unspecified atom stereocenters. The van der Waals surface area contributed by atoms with Gasteiger partial charge in [0.15, 0.2) is 11.2 Å². The molecule has 1 N–H and O–H groups in total. The minimum absolute atomic E-state index is 0.197. The van der Waals surface area contributed by atoms with E-state index in [0.29, 0.717) is 29.4 Å². The second-order valence-corrected chi connectivity index (χ2v) is 7.16. The minimum Gasteiger partial charge on any atom is -0.457 e. The van der Waals surface area contributed by atoms with E-state index in [-0.39, 0.29) is 5.91 Å². The van der Waals surface area contributed by atoms with E-state index < -0.39 is 0 Å². The van der Waals surface area contributed by atoms with E-state index in [1.807, 2.05) is 78.9 Å².